The minimum atomic E-state index is -0.250. The van der Waals surface area contributed by atoms with Gasteiger partial charge in [-0.15, -0.1) is 17.0 Å². The van der Waals surface area contributed by atoms with Gasteiger partial charge in [0, 0.05) is 0 Å². The van der Waals surface area contributed by atoms with Gasteiger partial charge in [0.15, 0.2) is 12.3 Å². The highest BCUT2D eigenvalue weighted by molar-refractivity contribution is 8.93. The molecule has 0 aromatic rings. The van der Waals surface area contributed by atoms with Crippen LogP contribution in [-0.4, -0.2) is 9.11 Å². The van der Waals surface area contributed by atoms with E-state index in [2.05, 4.69) is 0 Å². The fourth-order valence-corrected chi connectivity index (χ4v) is 0. The third-order valence-corrected chi connectivity index (χ3v) is 0. The summed E-state index contributed by atoms with van der Waals surface area (Å²) in [5.41, 5.74) is 0. The van der Waals surface area contributed by atoms with Crippen LogP contribution in [0, 0.1) is 0 Å². The Hall–Kier alpha value is 0.750. The number of halogens is 1. The van der Waals surface area contributed by atoms with Crippen molar-refractivity contribution in [1.29, 1.82) is 0 Å². The Balaban J connectivity index is 0. The first-order valence-electron chi connectivity index (χ1n) is 0.365. The maximum Gasteiger partial charge on any atom is 0.152 e. The molecule has 0 saturated carbocycles. The monoisotopic (exact) mass is 146 g/mol. The van der Waals surface area contributed by atoms with Gasteiger partial charge in [-0.3, -0.25) is 0 Å². The summed E-state index contributed by atoms with van der Waals surface area (Å²) in [4.78, 5) is 0. The molecule has 0 aromatic carbocycles. The molecule has 0 spiro atoms. The molecule has 4 heavy (non-hydrogen) atoms. The lowest BCUT2D eigenvalue weighted by atomic mass is 15.9. The van der Waals surface area contributed by atoms with Gasteiger partial charge in [0.25, 0.3) is 0 Å². The van der Waals surface area contributed by atoms with Crippen LogP contribution in [0.25, 0.3) is 0 Å². The molecule has 2 nitrogen and oxygen atoms in total. The lowest BCUT2D eigenvalue weighted by Crippen LogP contribution is -1.31. The summed E-state index contributed by atoms with van der Waals surface area (Å²) in [5, 5.41) is 0. The summed E-state index contributed by atoms with van der Waals surface area (Å²) < 4.78 is 14.1. The fourth-order valence-electron chi connectivity index (χ4n) is 0. The van der Waals surface area contributed by atoms with Crippen molar-refractivity contribution in [3.8, 4) is 0 Å². The highest BCUT2D eigenvalue weighted by Gasteiger charge is 1.36. The molecule has 0 saturated heterocycles. The van der Waals surface area contributed by atoms with Gasteiger partial charge in [0.1, 0.15) is 0 Å². The summed E-state index contributed by atoms with van der Waals surface area (Å²) in [6, 6.07) is 0. The molecule has 0 aliphatic carbocycles. The minimum absolute atomic E-state index is 0. The molecule has 0 rings (SSSR count). The molecule has 2 N–H and O–H groups in total. The summed E-state index contributed by atoms with van der Waals surface area (Å²) >= 11 is -0.250. The van der Waals surface area contributed by atoms with Gasteiger partial charge < -0.3 is 9.11 Å². The second kappa shape index (κ2) is 9.26. The largest absolute Gasteiger partial charge is 0.307 e. The summed E-state index contributed by atoms with van der Waals surface area (Å²) in [5.74, 6) is 0. The van der Waals surface area contributed by atoms with Crippen LogP contribution in [0.5, 0.6) is 0 Å². The van der Waals surface area contributed by atoms with Gasteiger partial charge in [-0.25, -0.2) is 0 Å². The van der Waals surface area contributed by atoms with E-state index in [9.17, 15) is 0 Å². The molecule has 0 atom stereocenters. The van der Waals surface area contributed by atoms with E-state index in [1.165, 1.54) is 0 Å². The topological polar surface area (TPSA) is 40.5 Å². The van der Waals surface area contributed by atoms with Crippen molar-refractivity contribution in [2.75, 3.05) is 0 Å². The van der Waals surface area contributed by atoms with Crippen molar-refractivity contribution < 1.29 is 9.11 Å². The smallest absolute Gasteiger partial charge is 0.152 e. The van der Waals surface area contributed by atoms with Gasteiger partial charge >= 0.3 is 0 Å². The molecule has 0 aliphatic rings. The van der Waals surface area contributed by atoms with Crippen molar-refractivity contribution >= 4 is 29.3 Å². The predicted octanol–water partition coefficient (Wildman–Crippen LogP) is 1.24. The molecule has 0 aromatic heterocycles. The van der Waals surface area contributed by atoms with E-state index in [4.69, 9.17) is 9.11 Å². The maximum atomic E-state index is 7.04. The Morgan fingerprint density at radius 3 is 1.25 bits per heavy atom. The first kappa shape index (κ1) is 8.83. The highest BCUT2D eigenvalue weighted by Crippen LogP contribution is 1.67. The third-order valence-electron chi connectivity index (χ3n) is 0. The molecule has 0 heterocycles. The third kappa shape index (κ3) is 15.0. The Kier molecular flexibility index (Phi) is 20.4. The van der Waals surface area contributed by atoms with Crippen molar-refractivity contribution in [3.63, 3.8) is 0 Å². The zero-order chi connectivity index (χ0) is 2.71. The van der Waals surface area contributed by atoms with E-state index in [0.717, 1.165) is 0 Å². The first-order valence-corrected chi connectivity index (χ1v) is 1.10. The van der Waals surface area contributed by atoms with Crippen LogP contribution >= 0.6 is 29.3 Å². The molecule has 0 unspecified atom stereocenters. The van der Waals surface area contributed by atoms with Crippen LogP contribution in [0.4, 0.5) is 0 Å². The van der Waals surface area contributed by atoms with E-state index < -0.39 is 0 Å². The second-order valence-corrected chi connectivity index (χ2v) is 0.245. The number of hydrogen-bond donors (Lipinski definition) is 2. The van der Waals surface area contributed by atoms with E-state index >= 15 is 0 Å². The molecule has 0 amide bonds. The van der Waals surface area contributed by atoms with Gasteiger partial charge in [-0.1, -0.05) is 0 Å². The minimum Gasteiger partial charge on any atom is -0.307 e. The van der Waals surface area contributed by atoms with E-state index in [-0.39, 0.29) is 29.3 Å². The molecule has 0 bridgehead atoms. The zero-order valence-electron chi connectivity index (χ0n) is 1.71. The van der Waals surface area contributed by atoms with Crippen molar-refractivity contribution in [1.82, 2.24) is 0 Å². The number of hydrogen-bond acceptors (Lipinski definition) is 3. The molecular formula is H3BrO2S. The summed E-state index contributed by atoms with van der Waals surface area (Å²) in [6.07, 6.45) is 0. The van der Waals surface area contributed by atoms with Crippen LogP contribution in [0.15, 0.2) is 0 Å². The second-order valence-electron chi connectivity index (χ2n) is 0.0816. The fraction of sp³-hybridized carbons (Fsp3) is 0. The SMILES string of the molecule is Br.OSO. The lowest BCUT2D eigenvalue weighted by Gasteiger charge is -1.51. The highest BCUT2D eigenvalue weighted by atomic mass is 79.9. The van der Waals surface area contributed by atoms with E-state index in [0.29, 0.717) is 0 Å². The van der Waals surface area contributed by atoms with Crippen LogP contribution < -0.4 is 0 Å². The Morgan fingerprint density at radius 2 is 1.25 bits per heavy atom. The van der Waals surface area contributed by atoms with Crippen molar-refractivity contribution in [2.24, 2.45) is 0 Å². The van der Waals surface area contributed by atoms with Crippen LogP contribution in [0.1, 0.15) is 0 Å². The average Bonchev–Trinajstić information content (AvgIpc) is 0.918. The summed E-state index contributed by atoms with van der Waals surface area (Å²) in [7, 11) is 0. The van der Waals surface area contributed by atoms with Crippen molar-refractivity contribution in [2.45, 2.75) is 0 Å². The van der Waals surface area contributed by atoms with Gasteiger partial charge in [0.2, 0.25) is 0 Å². The Morgan fingerprint density at radius 1 is 1.25 bits per heavy atom. The van der Waals surface area contributed by atoms with E-state index in [1.54, 1.807) is 0 Å². The lowest BCUT2D eigenvalue weighted by molar-refractivity contribution is 0.541. The maximum absolute atomic E-state index is 7.04. The zero-order valence-corrected chi connectivity index (χ0v) is 4.24. The number of rotatable bonds is 0. The van der Waals surface area contributed by atoms with Crippen molar-refractivity contribution in [3.05, 3.63) is 0 Å². The van der Waals surface area contributed by atoms with Gasteiger partial charge in [0.05, 0.1) is 0 Å². The predicted molar refractivity (Wildman–Crippen MR) is 23.2 cm³/mol. The molecule has 0 fully saturated rings. The summed E-state index contributed by atoms with van der Waals surface area (Å²) in [6.45, 7) is 0. The normalized spacial score (nSPS) is 4.50. The van der Waals surface area contributed by atoms with E-state index in [1.807, 2.05) is 0 Å². The Bertz CT molecular complexity index is 6.00. The molecule has 4 heteroatoms. The van der Waals surface area contributed by atoms with Gasteiger partial charge in [-0.2, -0.15) is 0 Å². The first-order chi connectivity index (χ1) is 1.41. The standard InChI is InChI=1S/BrH.H2O2S/c;1-3-2/h1H;1-2H. The Labute approximate surface area is 39.0 Å². The average molecular weight is 147 g/mol. The molecule has 28 valence electrons. The van der Waals surface area contributed by atoms with Crippen LogP contribution in [0.3, 0.4) is 0 Å². The molecule has 0 aliphatic heterocycles. The van der Waals surface area contributed by atoms with Crippen LogP contribution in [0.2, 0.25) is 0 Å². The van der Waals surface area contributed by atoms with Gasteiger partial charge in [-0.05, 0) is 0 Å². The molecule has 0 radical (unpaired) electrons. The van der Waals surface area contributed by atoms with Crippen LogP contribution in [-0.2, 0) is 0 Å². The quantitative estimate of drug-likeness (QED) is 0.506. The molecular weight excluding hydrogens is 144 g/mol.